The van der Waals surface area contributed by atoms with Gasteiger partial charge in [0.1, 0.15) is 0 Å². The maximum atomic E-state index is 10.2. The van der Waals surface area contributed by atoms with Gasteiger partial charge in [-0.1, -0.05) is 13.3 Å². The quantitative estimate of drug-likeness (QED) is 0.468. The van der Waals surface area contributed by atoms with Gasteiger partial charge in [-0.05, 0) is 12.8 Å². The van der Waals surface area contributed by atoms with Gasteiger partial charge < -0.3 is 9.79 Å². The van der Waals surface area contributed by atoms with E-state index in [-0.39, 0.29) is 6.16 Å². The van der Waals surface area contributed by atoms with Crippen LogP contribution in [-0.2, 0) is 4.57 Å². The fraction of sp³-hybridized carbons (Fsp3) is 0.800. The molecule has 2 N–H and O–H groups in total. The molecule has 0 bridgehead atoms. The lowest BCUT2D eigenvalue weighted by molar-refractivity contribution is 0.375. The lowest BCUT2D eigenvalue weighted by atomic mass is 10.3. The van der Waals surface area contributed by atoms with Crippen molar-refractivity contribution in [3.05, 3.63) is 6.42 Å². The molecule has 0 atom stereocenters. The first kappa shape index (κ1) is 9.15. The minimum atomic E-state index is -3.75. The first-order valence-corrected chi connectivity index (χ1v) is 4.72. The third-order valence-electron chi connectivity index (χ3n) is 0.860. The van der Waals surface area contributed by atoms with E-state index >= 15 is 0 Å². The van der Waals surface area contributed by atoms with E-state index in [1.54, 1.807) is 6.42 Å². The van der Waals surface area contributed by atoms with E-state index in [9.17, 15) is 4.57 Å². The molecular weight excluding hydrogens is 139 g/mol. The molecule has 0 rings (SSSR count). The second kappa shape index (κ2) is 4.04. The first-order chi connectivity index (χ1) is 4.06. The van der Waals surface area contributed by atoms with Crippen LogP contribution in [0.3, 0.4) is 0 Å². The summed E-state index contributed by atoms with van der Waals surface area (Å²) in [6.45, 7) is 1.97. The topological polar surface area (TPSA) is 57.5 Å². The van der Waals surface area contributed by atoms with E-state index in [1.807, 2.05) is 6.92 Å². The van der Waals surface area contributed by atoms with Crippen LogP contribution in [0.5, 0.6) is 0 Å². The molecule has 0 aromatic rings. The van der Waals surface area contributed by atoms with Crippen LogP contribution in [0.4, 0.5) is 0 Å². The Balaban J connectivity index is 3.18. The Morgan fingerprint density at radius 1 is 1.56 bits per heavy atom. The third-order valence-corrected chi connectivity index (χ3v) is 1.59. The van der Waals surface area contributed by atoms with Crippen LogP contribution in [0.1, 0.15) is 19.8 Å². The molecule has 0 saturated carbocycles. The van der Waals surface area contributed by atoms with E-state index in [4.69, 9.17) is 9.79 Å². The predicted octanol–water partition coefficient (Wildman–Crippen LogP) is 1.17. The lowest BCUT2D eigenvalue weighted by Crippen LogP contribution is -1.87. The molecule has 0 unspecified atom stereocenters. The highest BCUT2D eigenvalue weighted by Gasteiger charge is 2.10. The average Bonchev–Trinajstić information content (AvgIpc) is 1.63. The monoisotopic (exact) mass is 151 g/mol. The van der Waals surface area contributed by atoms with Gasteiger partial charge in [-0.3, -0.25) is 4.57 Å². The molecule has 0 saturated heterocycles. The minimum Gasteiger partial charge on any atom is -0.324 e. The van der Waals surface area contributed by atoms with Gasteiger partial charge in [-0.25, -0.2) is 0 Å². The van der Waals surface area contributed by atoms with Gasteiger partial charge in [0.15, 0.2) is 0 Å². The van der Waals surface area contributed by atoms with E-state index in [2.05, 4.69) is 0 Å². The van der Waals surface area contributed by atoms with Crippen LogP contribution >= 0.6 is 7.60 Å². The van der Waals surface area contributed by atoms with Crippen molar-refractivity contribution in [3.8, 4) is 0 Å². The Morgan fingerprint density at radius 3 is 2.44 bits per heavy atom. The summed E-state index contributed by atoms with van der Waals surface area (Å²) in [5.41, 5.74) is 0. The van der Waals surface area contributed by atoms with Crippen molar-refractivity contribution in [2.45, 2.75) is 19.8 Å². The molecule has 9 heavy (non-hydrogen) atoms. The zero-order valence-corrected chi connectivity index (χ0v) is 6.34. The fourth-order valence-corrected chi connectivity index (χ4v) is 0.983. The van der Waals surface area contributed by atoms with Gasteiger partial charge in [0, 0.05) is 0 Å². The van der Waals surface area contributed by atoms with E-state index < -0.39 is 7.60 Å². The van der Waals surface area contributed by atoms with Crippen molar-refractivity contribution < 1.29 is 14.4 Å². The summed E-state index contributed by atoms with van der Waals surface area (Å²) >= 11 is 0. The van der Waals surface area contributed by atoms with Crippen LogP contribution < -0.4 is 0 Å². The highest BCUT2D eigenvalue weighted by Crippen LogP contribution is 2.34. The van der Waals surface area contributed by atoms with Crippen LogP contribution in [0.15, 0.2) is 0 Å². The Bertz CT molecular complexity index is 107. The van der Waals surface area contributed by atoms with Crippen molar-refractivity contribution in [1.82, 2.24) is 0 Å². The smallest absolute Gasteiger partial charge is 0.324 e. The van der Waals surface area contributed by atoms with Crippen LogP contribution in [0.25, 0.3) is 0 Å². The number of hydrogen-bond acceptors (Lipinski definition) is 1. The van der Waals surface area contributed by atoms with Crippen LogP contribution in [0.2, 0.25) is 0 Å². The van der Waals surface area contributed by atoms with Gasteiger partial charge in [0.25, 0.3) is 0 Å². The second-order valence-electron chi connectivity index (χ2n) is 1.92. The fourth-order valence-electron chi connectivity index (χ4n) is 0.464. The molecule has 4 heteroatoms. The van der Waals surface area contributed by atoms with Crippen LogP contribution in [0, 0.1) is 6.42 Å². The number of hydrogen-bond donors (Lipinski definition) is 2. The normalized spacial score (nSPS) is 11.9. The summed E-state index contributed by atoms with van der Waals surface area (Å²) in [5.74, 6) is 0. The molecule has 3 nitrogen and oxygen atoms in total. The Morgan fingerprint density at radius 2 is 2.11 bits per heavy atom. The Labute approximate surface area is 55.3 Å². The maximum absolute atomic E-state index is 10.2. The largest absolute Gasteiger partial charge is 0.325 e. The number of rotatable bonds is 4. The molecule has 0 aliphatic rings. The summed E-state index contributed by atoms with van der Waals surface area (Å²) in [4.78, 5) is 16.6. The zero-order chi connectivity index (χ0) is 7.33. The Kier molecular flexibility index (Phi) is 4.11. The van der Waals surface area contributed by atoms with E-state index in [0.29, 0.717) is 0 Å². The standard InChI is InChI=1S/C5H12O3P/c1-2-3-4-5-9(6,7)8/h4H,2-3,5H2,1H3,(H2,6,7,8). The van der Waals surface area contributed by atoms with Gasteiger partial charge in [-0.2, -0.15) is 0 Å². The zero-order valence-electron chi connectivity index (χ0n) is 5.45. The molecule has 55 valence electrons. The molecule has 0 aliphatic heterocycles. The van der Waals surface area contributed by atoms with Crippen molar-refractivity contribution in [1.29, 1.82) is 0 Å². The van der Waals surface area contributed by atoms with Crippen molar-refractivity contribution in [3.63, 3.8) is 0 Å². The highest BCUT2D eigenvalue weighted by molar-refractivity contribution is 7.51. The molecule has 0 fully saturated rings. The third kappa shape index (κ3) is 8.15. The highest BCUT2D eigenvalue weighted by atomic mass is 31.2. The van der Waals surface area contributed by atoms with Gasteiger partial charge in [0.05, 0.1) is 6.16 Å². The van der Waals surface area contributed by atoms with E-state index in [0.717, 1.165) is 12.8 Å². The summed E-state index contributed by atoms with van der Waals surface area (Å²) in [5, 5.41) is 0. The molecule has 0 aromatic heterocycles. The molecule has 0 heterocycles. The Hall–Kier alpha value is 0.150. The minimum absolute atomic E-state index is 0.0825. The lowest BCUT2D eigenvalue weighted by Gasteiger charge is -2.00. The summed E-state index contributed by atoms with van der Waals surface area (Å²) in [6, 6.07) is 0. The van der Waals surface area contributed by atoms with Crippen LogP contribution in [-0.4, -0.2) is 15.9 Å². The molecular formula is C5H12O3P. The van der Waals surface area contributed by atoms with Crippen molar-refractivity contribution in [2.75, 3.05) is 6.16 Å². The van der Waals surface area contributed by atoms with Gasteiger partial charge in [0.2, 0.25) is 0 Å². The molecule has 0 aromatic carbocycles. The molecule has 0 spiro atoms. The maximum Gasteiger partial charge on any atom is 0.325 e. The predicted molar refractivity (Wildman–Crippen MR) is 36.1 cm³/mol. The second-order valence-corrected chi connectivity index (χ2v) is 3.62. The summed E-state index contributed by atoms with van der Waals surface area (Å²) in [7, 11) is -3.75. The van der Waals surface area contributed by atoms with Gasteiger partial charge >= 0.3 is 7.60 Å². The van der Waals surface area contributed by atoms with Crippen molar-refractivity contribution >= 4 is 7.60 Å². The first-order valence-electron chi connectivity index (χ1n) is 2.92. The average molecular weight is 151 g/mol. The molecule has 0 amide bonds. The van der Waals surface area contributed by atoms with E-state index in [1.165, 1.54) is 0 Å². The summed E-state index contributed by atoms with van der Waals surface area (Å²) in [6.07, 6.45) is 3.27. The SMILES string of the molecule is CCC[CH]CP(=O)(O)O. The van der Waals surface area contributed by atoms with Crippen molar-refractivity contribution in [2.24, 2.45) is 0 Å². The van der Waals surface area contributed by atoms with Gasteiger partial charge in [-0.15, -0.1) is 0 Å². The number of unbranched alkanes of at least 4 members (excludes halogenated alkanes) is 2. The molecule has 0 aliphatic carbocycles. The summed E-state index contributed by atoms with van der Waals surface area (Å²) < 4.78 is 10.2. The molecule has 1 radical (unpaired) electrons.